The maximum absolute atomic E-state index is 13.9. The Morgan fingerprint density at radius 1 is 1.30 bits per heavy atom. The number of aryl methyl sites for hydroxylation is 1. The van der Waals surface area contributed by atoms with Crippen LogP contribution in [0.5, 0.6) is 11.5 Å². The van der Waals surface area contributed by atoms with Gasteiger partial charge in [0.1, 0.15) is 35.1 Å². The first-order valence-corrected chi connectivity index (χ1v) is 14.7. The van der Waals surface area contributed by atoms with Gasteiger partial charge in [-0.25, -0.2) is 17.8 Å². The lowest BCUT2D eigenvalue weighted by atomic mass is 9.77. The van der Waals surface area contributed by atoms with Crippen LogP contribution < -0.4 is 20.1 Å². The van der Waals surface area contributed by atoms with Gasteiger partial charge < -0.3 is 20.1 Å². The number of nitrogens with one attached hydrogen (secondary N) is 2. The van der Waals surface area contributed by atoms with Gasteiger partial charge in [-0.3, -0.25) is 9.59 Å². The van der Waals surface area contributed by atoms with Gasteiger partial charge in [0.2, 0.25) is 5.91 Å². The number of anilines is 1. The fourth-order valence-corrected chi connectivity index (χ4v) is 5.40. The molecule has 0 unspecified atom stereocenters. The van der Waals surface area contributed by atoms with E-state index in [1.165, 1.54) is 18.5 Å². The molecule has 0 radical (unpaired) electrons. The molecule has 4 heterocycles. The summed E-state index contributed by atoms with van der Waals surface area (Å²) in [5, 5.41) is 10.3. The molecule has 0 fully saturated rings. The molecule has 13 heteroatoms. The SMILES string of the molecule is Cc1ccc(-n2nc3c(c2NC(=O)CS(C)(=O)=O)C(=O)N[C@@]2(CCOc4cc(OCC(C)(C)F)ccc42)C3)nc1. The van der Waals surface area contributed by atoms with Gasteiger partial charge in [0, 0.05) is 36.9 Å². The largest absolute Gasteiger partial charge is 0.493 e. The summed E-state index contributed by atoms with van der Waals surface area (Å²) in [5.41, 5.74) is -0.205. The standard InChI is InChI=1S/C27H30FN5O6S/c1-16-5-8-21(29-13-16)33-24(30-22(34)14-40(4,36)37)23-19(32-33)12-27(31-25(23)35)9-10-38-20-11-17(6-7-18(20)27)39-15-26(2,3)28/h5-8,11,13H,9-10,12,14-15H2,1-4H3,(H,30,34)(H,31,35)/t27-/m0/s1. The zero-order valence-corrected chi connectivity index (χ0v) is 23.4. The second-order valence-corrected chi connectivity index (χ2v) is 13.0. The predicted molar refractivity (Wildman–Crippen MR) is 145 cm³/mol. The van der Waals surface area contributed by atoms with Crippen molar-refractivity contribution in [3.8, 4) is 17.3 Å². The Kier molecular flexibility index (Phi) is 6.81. The van der Waals surface area contributed by atoms with Crippen LogP contribution in [0.25, 0.3) is 5.82 Å². The molecule has 1 aromatic carbocycles. The summed E-state index contributed by atoms with van der Waals surface area (Å²) < 4.78 is 50.2. The molecule has 0 saturated carbocycles. The summed E-state index contributed by atoms with van der Waals surface area (Å²) in [6.07, 6.45) is 3.30. The number of sulfone groups is 1. The number of carbonyl (C=O) groups is 2. The number of carbonyl (C=O) groups excluding carboxylic acids is 2. The summed E-state index contributed by atoms with van der Waals surface area (Å²) in [5.74, 6) is -0.707. The molecule has 1 atom stereocenters. The molecule has 2 N–H and O–H groups in total. The number of nitrogens with zero attached hydrogens (tertiary/aromatic N) is 3. The van der Waals surface area contributed by atoms with Crippen molar-refractivity contribution in [2.24, 2.45) is 0 Å². The van der Waals surface area contributed by atoms with Gasteiger partial charge in [0.25, 0.3) is 5.91 Å². The van der Waals surface area contributed by atoms with Crippen molar-refractivity contribution in [3.63, 3.8) is 0 Å². The summed E-state index contributed by atoms with van der Waals surface area (Å²) in [6, 6.07) is 8.67. The monoisotopic (exact) mass is 571 g/mol. The second kappa shape index (κ2) is 9.88. The van der Waals surface area contributed by atoms with Crippen molar-refractivity contribution in [3.05, 3.63) is 58.9 Å². The lowest BCUT2D eigenvalue weighted by molar-refractivity contribution is -0.113. The highest BCUT2D eigenvalue weighted by Crippen LogP contribution is 2.44. The van der Waals surface area contributed by atoms with Crippen molar-refractivity contribution in [1.29, 1.82) is 0 Å². The number of amides is 2. The molecule has 11 nitrogen and oxygen atoms in total. The highest BCUT2D eigenvalue weighted by atomic mass is 32.2. The van der Waals surface area contributed by atoms with Crippen LogP contribution >= 0.6 is 0 Å². The highest BCUT2D eigenvalue weighted by Gasteiger charge is 2.46. The van der Waals surface area contributed by atoms with Crippen molar-refractivity contribution in [1.82, 2.24) is 20.1 Å². The Labute approximate surface area is 231 Å². The molecule has 0 bridgehead atoms. The molecule has 3 aromatic rings. The number of aromatic nitrogens is 3. The Balaban J connectivity index is 1.54. The van der Waals surface area contributed by atoms with Crippen molar-refractivity contribution >= 4 is 27.5 Å². The number of rotatable bonds is 7. The summed E-state index contributed by atoms with van der Waals surface area (Å²) >= 11 is 0. The van der Waals surface area contributed by atoms with Gasteiger partial charge in [0.05, 0.1) is 17.8 Å². The fourth-order valence-electron chi connectivity index (χ4n) is 4.85. The fraction of sp³-hybridized carbons (Fsp3) is 0.407. The van der Waals surface area contributed by atoms with Crippen LogP contribution in [0, 0.1) is 6.92 Å². The van der Waals surface area contributed by atoms with Crippen LogP contribution in [0.3, 0.4) is 0 Å². The molecule has 5 rings (SSSR count). The lowest BCUT2D eigenvalue weighted by Gasteiger charge is -2.41. The molecule has 40 heavy (non-hydrogen) atoms. The summed E-state index contributed by atoms with van der Waals surface area (Å²) in [7, 11) is -3.62. The quantitative estimate of drug-likeness (QED) is 0.441. The number of ether oxygens (including phenoxy) is 2. The van der Waals surface area contributed by atoms with E-state index in [9.17, 15) is 22.4 Å². The molecule has 212 valence electrons. The van der Waals surface area contributed by atoms with Crippen molar-refractivity contribution in [2.45, 2.75) is 44.8 Å². The van der Waals surface area contributed by atoms with Gasteiger partial charge in [-0.2, -0.15) is 9.78 Å². The van der Waals surface area contributed by atoms with Crippen molar-refractivity contribution in [2.75, 3.05) is 30.5 Å². The van der Waals surface area contributed by atoms with Gasteiger partial charge in [-0.15, -0.1) is 0 Å². The maximum Gasteiger partial charge on any atom is 0.257 e. The van der Waals surface area contributed by atoms with Crippen LogP contribution in [0.4, 0.5) is 10.2 Å². The Morgan fingerprint density at radius 2 is 2.08 bits per heavy atom. The number of alkyl halides is 1. The molecule has 0 aliphatic carbocycles. The van der Waals surface area contributed by atoms with E-state index in [1.807, 2.05) is 13.0 Å². The number of hydrogen-bond donors (Lipinski definition) is 2. The Morgan fingerprint density at radius 3 is 2.75 bits per heavy atom. The van der Waals surface area contributed by atoms with E-state index >= 15 is 0 Å². The topological polar surface area (TPSA) is 142 Å². The molecular weight excluding hydrogens is 541 g/mol. The van der Waals surface area contributed by atoms with Gasteiger partial charge >= 0.3 is 0 Å². The minimum Gasteiger partial charge on any atom is -0.493 e. The first-order valence-electron chi connectivity index (χ1n) is 12.7. The smallest absolute Gasteiger partial charge is 0.257 e. The molecule has 0 saturated heterocycles. The van der Waals surface area contributed by atoms with E-state index in [4.69, 9.17) is 9.47 Å². The first-order chi connectivity index (χ1) is 18.7. The summed E-state index contributed by atoms with van der Waals surface area (Å²) in [4.78, 5) is 30.7. The molecule has 2 amide bonds. The molecule has 2 aromatic heterocycles. The Hall–Kier alpha value is -4.00. The number of pyridine rings is 1. The van der Waals surface area contributed by atoms with E-state index in [2.05, 4.69) is 20.7 Å². The third-order valence-electron chi connectivity index (χ3n) is 6.61. The zero-order chi connectivity index (χ0) is 28.9. The van der Waals surface area contributed by atoms with Gasteiger partial charge in [-0.05, 0) is 44.5 Å². The third-order valence-corrected chi connectivity index (χ3v) is 7.39. The molecular formula is C27H30FN5O6S. The van der Waals surface area contributed by atoms with Crippen molar-refractivity contribution < 1.29 is 31.9 Å². The van der Waals surface area contributed by atoms with E-state index in [0.29, 0.717) is 36.0 Å². The zero-order valence-electron chi connectivity index (χ0n) is 22.6. The highest BCUT2D eigenvalue weighted by molar-refractivity contribution is 7.91. The molecule has 2 aliphatic heterocycles. The van der Waals surface area contributed by atoms with Crippen LogP contribution in [0.15, 0.2) is 36.5 Å². The molecule has 1 spiro atoms. The predicted octanol–water partition coefficient (Wildman–Crippen LogP) is 2.65. The van der Waals surface area contributed by atoms with Crippen LogP contribution in [-0.2, 0) is 26.6 Å². The van der Waals surface area contributed by atoms with E-state index in [-0.39, 0.29) is 24.4 Å². The first kappa shape index (κ1) is 27.6. The van der Waals surface area contributed by atoms with Crippen LogP contribution in [0.1, 0.15) is 47.4 Å². The normalized spacial score (nSPS) is 18.4. The summed E-state index contributed by atoms with van der Waals surface area (Å²) in [6.45, 7) is 4.90. The van der Waals surface area contributed by atoms with Crippen LogP contribution in [-0.4, -0.2) is 65.9 Å². The average Bonchev–Trinajstić information content (AvgIpc) is 3.19. The number of fused-ring (bicyclic) bond motifs is 3. The van der Waals surface area contributed by atoms with Gasteiger partial charge in [0.15, 0.2) is 21.5 Å². The number of benzene rings is 1. The maximum atomic E-state index is 13.9. The van der Waals surface area contributed by atoms with E-state index in [1.54, 1.807) is 30.5 Å². The minimum absolute atomic E-state index is 0.0391. The molecule has 2 aliphatic rings. The third kappa shape index (κ3) is 5.64. The average molecular weight is 572 g/mol. The van der Waals surface area contributed by atoms with Crippen LogP contribution in [0.2, 0.25) is 0 Å². The van der Waals surface area contributed by atoms with Gasteiger partial charge in [-0.1, -0.05) is 6.07 Å². The van der Waals surface area contributed by atoms with E-state index in [0.717, 1.165) is 17.4 Å². The lowest BCUT2D eigenvalue weighted by Crippen LogP contribution is -2.53. The second-order valence-electron chi connectivity index (χ2n) is 10.9. The number of hydrogen-bond acceptors (Lipinski definition) is 8. The Bertz CT molecular complexity index is 1600. The van der Waals surface area contributed by atoms with E-state index < -0.39 is 38.6 Å². The minimum atomic E-state index is -3.62. The number of halogens is 1.